The molecule has 0 aliphatic rings. The summed E-state index contributed by atoms with van der Waals surface area (Å²) in [5.41, 5.74) is 0.303. The lowest BCUT2D eigenvalue weighted by Crippen LogP contribution is -2.27. The maximum Gasteiger partial charge on any atom is 0.274 e. The van der Waals surface area contributed by atoms with Gasteiger partial charge in [0.1, 0.15) is 0 Å². The van der Waals surface area contributed by atoms with E-state index in [4.69, 9.17) is 5.21 Å². The summed E-state index contributed by atoms with van der Waals surface area (Å²) in [6.07, 6.45) is 4.06. The van der Waals surface area contributed by atoms with Gasteiger partial charge in [0.25, 0.3) is 5.56 Å². The van der Waals surface area contributed by atoms with Gasteiger partial charge in [0.2, 0.25) is 0 Å². The highest BCUT2D eigenvalue weighted by Crippen LogP contribution is 2.01. The second-order valence-corrected chi connectivity index (χ2v) is 3.07. The van der Waals surface area contributed by atoms with E-state index >= 15 is 0 Å². The van der Waals surface area contributed by atoms with Crippen LogP contribution in [0, 0.1) is 0 Å². The zero-order chi connectivity index (χ0) is 11.4. The largest absolute Gasteiger partial charge is 0.409 e. The first-order chi connectivity index (χ1) is 7.83. The van der Waals surface area contributed by atoms with Crippen molar-refractivity contribution in [3.63, 3.8) is 0 Å². The van der Waals surface area contributed by atoms with E-state index in [9.17, 15) is 4.79 Å². The molecule has 1 heterocycles. The second-order valence-electron chi connectivity index (χ2n) is 3.07. The molecule has 80 valence electrons. The molecule has 5 nitrogen and oxygen atoms in total. The number of nitrogens with zero attached hydrogens (tertiary/aromatic N) is 3. The van der Waals surface area contributed by atoms with Crippen LogP contribution in [0.15, 0.2) is 58.9 Å². The SMILES string of the molecule is O=c1cnccn1/C(=N\O)c1ccccc1. The molecule has 0 spiro atoms. The molecular weight excluding hydrogens is 206 g/mol. The van der Waals surface area contributed by atoms with E-state index in [1.54, 1.807) is 24.3 Å². The van der Waals surface area contributed by atoms with E-state index in [0.717, 1.165) is 6.20 Å². The van der Waals surface area contributed by atoms with Gasteiger partial charge in [0.15, 0.2) is 5.84 Å². The van der Waals surface area contributed by atoms with E-state index in [1.807, 2.05) is 6.07 Å². The molecule has 0 radical (unpaired) electrons. The molecule has 5 heteroatoms. The summed E-state index contributed by atoms with van der Waals surface area (Å²) in [6, 6.07) is 8.94. The Morgan fingerprint density at radius 2 is 2.06 bits per heavy atom. The Labute approximate surface area is 91.3 Å². The summed E-state index contributed by atoms with van der Waals surface area (Å²) >= 11 is 0. The first-order valence-electron chi connectivity index (χ1n) is 4.63. The molecule has 0 saturated heterocycles. The van der Waals surface area contributed by atoms with Gasteiger partial charge < -0.3 is 5.21 Å². The number of hydrogen-bond donors (Lipinski definition) is 1. The Morgan fingerprint density at radius 1 is 1.31 bits per heavy atom. The summed E-state index contributed by atoms with van der Waals surface area (Å²) in [6.45, 7) is 0. The van der Waals surface area contributed by atoms with Crippen molar-refractivity contribution in [1.29, 1.82) is 0 Å². The van der Waals surface area contributed by atoms with Crippen LogP contribution in [-0.2, 0) is 0 Å². The van der Waals surface area contributed by atoms with Crippen molar-refractivity contribution >= 4 is 5.84 Å². The van der Waals surface area contributed by atoms with Crippen LogP contribution in [0.3, 0.4) is 0 Å². The first-order valence-corrected chi connectivity index (χ1v) is 4.63. The molecule has 0 atom stereocenters. The molecule has 1 aromatic carbocycles. The summed E-state index contributed by atoms with van der Waals surface area (Å²) in [4.78, 5) is 15.2. The number of aromatic nitrogens is 2. The molecule has 2 aromatic rings. The first kappa shape index (κ1) is 10.1. The van der Waals surface area contributed by atoms with Gasteiger partial charge in [-0.2, -0.15) is 0 Å². The Balaban J connectivity index is 2.55. The highest BCUT2D eigenvalue weighted by atomic mass is 16.4. The zero-order valence-electron chi connectivity index (χ0n) is 8.32. The molecule has 2 rings (SSSR count). The Bertz CT molecular complexity index is 561. The third-order valence-corrected chi connectivity index (χ3v) is 2.08. The molecule has 1 aromatic heterocycles. The molecule has 0 aliphatic heterocycles. The van der Waals surface area contributed by atoms with Crippen molar-refractivity contribution in [3.8, 4) is 0 Å². The van der Waals surface area contributed by atoms with Crippen molar-refractivity contribution in [1.82, 2.24) is 9.55 Å². The van der Waals surface area contributed by atoms with Crippen LogP contribution >= 0.6 is 0 Å². The average molecular weight is 215 g/mol. The Morgan fingerprint density at radius 3 is 2.69 bits per heavy atom. The van der Waals surface area contributed by atoms with Crippen LogP contribution in [0.4, 0.5) is 0 Å². The van der Waals surface area contributed by atoms with Gasteiger partial charge in [-0.05, 0) is 0 Å². The van der Waals surface area contributed by atoms with E-state index < -0.39 is 0 Å². The molecule has 16 heavy (non-hydrogen) atoms. The third kappa shape index (κ3) is 1.83. The summed E-state index contributed by atoms with van der Waals surface area (Å²) in [5, 5.41) is 12.1. The standard InChI is InChI=1S/C11H9N3O2/c15-10-8-12-6-7-14(10)11(13-16)9-4-2-1-3-5-9/h1-8,16H/b13-11-. The topological polar surface area (TPSA) is 67.5 Å². The number of rotatable bonds is 1. The van der Waals surface area contributed by atoms with Crippen LogP contribution in [0.2, 0.25) is 0 Å². The molecule has 0 unspecified atom stereocenters. The maximum absolute atomic E-state index is 11.5. The number of oxime groups is 1. The van der Waals surface area contributed by atoms with E-state index in [0.29, 0.717) is 5.56 Å². The van der Waals surface area contributed by atoms with E-state index in [1.165, 1.54) is 17.0 Å². The van der Waals surface area contributed by atoms with Crippen molar-refractivity contribution in [2.24, 2.45) is 5.16 Å². The van der Waals surface area contributed by atoms with Crippen LogP contribution < -0.4 is 5.56 Å². The van der Waals surface area contributed by atoms with Gasteiger partial charge in [-0.3, -0.25) is 14.3 Å². The summed E-state index contributed by atoms with van der Waals surface area (Å²) < 4.78 is 1.22. The summed E-state index contributed by atoms with van der Waals surface area (Å²) in [5.74, 6) is 0.174. The molecule has 1 N–H and O–H groups in total. The predicted octanol–water partition coefficient (Wildman–Crippen LogP) is 0.927. The minimum absolute atomic E-state index is 0.174. The lowest BCUT2D eigenvalue weighted by molar-refractivity contribution is 0.317. The van der Waals surface area contributed by atoms with Crippen molar-refractivity contribution < 1.29 is 5.21 Å². The lowest BCUT2D eigenvalue weighted by atomic mass is 10.2. The molecule has 0 fully saturated rings. The normalized spacial score (nSPS) is 11.4. The van der Waals surface area contributed by atoms with E-state index in [-0.39, 0.29) is 11.4 Å². The maximum atomic E-state index is 11.5. The highest BCUT2D eigenvalue weighted by Gasteiger charge is 2.07. The predicted molar refractivity (Wildman–Crippen MR) is 58.7 cm³/mol. The van der Waals surface area contributed by atoms with Crippen LogP contribution in [0.25, 0.3) is 0 Å². The average Bonchev–Trinajstić information content (AvgIpc) is 2.34. The van der Waals surface area contributed by atoms with Gasteiger partial charge in [0, 0.05) is 18.0 Å². The van der Waals surface area contributed by atoms with Crippen molar-refractivity contribution in [3.05, 3.63) is 64.8 Å². The monoisotopic (exact) mass is 215 g/mol. The third-order valence-electron chi connectivity index (χ3n) is 2.08. The van der Waals surface area contributed by atoms with Gasteiger partial charge in [-0.15, -0.1) is 0 Å². The molecule has 0 amide bonds. The summed E-state index contributed by atoms with van der Waals surface area (Å²) in [7, 11) is 0. The quantitative estimate of drug-likeness (QED) is 0.333. The minimum Gasteiger partial charge on any atom is -0.409 e. The van der Waals surface area contributed by atoms with Gasteiger partial charge in [0.05, 0.1) is 6.20 Å². The van der Waals surface area contributed by atoms with Crippen molar-refractivity contribution in [2.45, 2.75) is 0 Å². The highest BCUT2D eigenvalue weighted by molar-refractivity contribution is 5.99. The van der Waals surface area contributed by atoms with E-state index in [2.05, 4.69) is 10.1 Å². The van der Waals surface area contributed by atoms with Crippen molar-refractivity contribution in [2.75, 3.05) is 0 Å². The van der Waals surface area contributed by atoms with Gasteiger partial charge in [-0.25, -0.2) is 0 Å². The molecule has 0 saturated carbocycles. The molecular formula is C11H9N3O2. The van der Waals surface area contributed by atoms with Crippen LogP contribution in [0.1, 0.15) is 5.56 Å². The number of hydrogen-bond acceptors (Lipinski definition) is 4. The van der Waals surface area contributed by atoms with Crippen LogP contribution in [0.5, 0.6) is 0 Å². The number of benzene rings is 1. The fourth-order valence-corrected chi connectivity index (χ4v) is 1.35. The zero-order valence-corrected chi connectivity index (χ0v) is 8.32. The fourth-order valence-electron chi connectivity index (χ4n) is 1.35. The second kappa shape index (κ2) is 4.39. The fraction of sp³-hybridized carbons (Fsp3) is 0. The smallest absolute Gasteiger partial charge is 0.274 e. The molecule has 0 aliphatic carbocycles. The lowest BCUT2D eigenvalue weighted by Gasteiger charge is -2.06. The molecule has 0 bridgehead atoms. The minimum atomic E-state index is -0.348. The van der Waals surface area contributed by atoms with Gasteiger partial charge >= 0.3 is 0 Å². The Kier molecular flexibility index (Phi) is 2.77. The van der Waals surface area contributed by atoms with Crippen LogP contribution in [-0.4, -0.2) is 20.6 Å². The van der Waals surface area contributed by atoms with Gasteiger partial charge in [-0.1, -0.05) is 35.5 Å². The Hall–Kier alpha value is -2.43.